The number of nitriles is 1. The van der Waals surface area contributed by atoms with Crippen molar-refractivity contribution < 1.29 is 23.7 Å². The number of para-hydroxylation sites is 1. The van der Waals surface area contributed by atoms with Crippen LogP contribution >= 0.6 is 11.3 Å². The highest BCUT2D eigenvalue weighted by Crippen LogP contribution is 2.36. The Balaban J connectivity index is 1.81. The van der Waals surface area contributed by atoms with Crippen molar-refractivity contribution in [2.45, 2.75) is 13.0 Å². The summed E-state index contributed by atoms with van der Waals surface area (Å²) in [5, 5.41) is 9.08. The fourth-order valence-electron chi connectivity index (χ4n) is 4.75. The van der Waals surface area contributed by atoms with Gasteiger partial charge in [-0.05, 0) is 36.8 Å². The van der Waals surface area contributed by atoms with Gasteiger partial charge in [-0.2, -0.15) is 5.26 Å². The summed E-state index contributed by atoms with van der Waals surface area (Å²) in [6.07, 6.45) is 1.68. The number of rotatable bonds is 9. The summed E-state index contributed by atoms with van der Waals surface area (Å²) in [5.74, 6) is 0.851. The second-order valence-electron chi connectivity index (χ2n) is 9.03. The van der Waals surface area contributed by atoms with Crippen LogP contribution in [0.3, 0.4) is 0 Å². The van der Waals surface area contributed by atoms with Gasteiger partial charge in [-0.1, -0.05) is 65.9 Å². The average molecular weight is 582 g/mol. The van der Waals surface area contributed by atoms with Gasteiger partial charge in [-0.15, -0.1) is 0 Å². The lowest BCUT2D eigenvalue weighted by molar-refractivity contribution is -0.138. The summed E-state index contributed by atoms with van der Waals surface area (Å²) in [7, 11) is 3.08. The Morgan fingerprint density at radius 2 is 1.81 bits per heavy atom. The number of carbonyl (C=O) groups excluding carboxylic acids is 1. The molecular weight excluding hydrogens is 554 g/mol. The summed E-state index contributed by atoms with van der Waals surface area (Å²) in [5.41, 5.74) is 2.31. The van der Waals surface area contributed by atoms with Crippen molar-refractivity contribution in [2.24, 2.45) is 4.99 Å². The topological polar surface area (TPSA) is 112 Å². The predicted octanol–water partition coefficient (Wildman–Crippen LogP) is 3.86. The highest BCUT2D eigenvalue weighted by atomic mass is 32.1. The van der Waals surface area contributed by atoms with Gasteiger partial charge in [-0.25, -0.2) is 9.79 Å². The molecule has 0 saturated carbocycles. The van der Waals surface area contributed by atoms with E-state index in [1.54, 1.807) is 50.4 Å². The molecule has 10 heteroatoms. The third-order valence-electron chi connectivity index (χ3n) is 6.60. The van der Waals surface area contributed by atoms with Crippen LogP contribution in [0, 0.1) is 11.3 Å². The summed E-state index contributed by atoms with van der Waals surface area (Å²) in [6.45, 7) is 1.70. The molecule has 1 atom stereocenters. The van der Waals surface area contributed by atoms with Crippen molar-refractivity contribution in [1.82, 2.24) is 4.57 Å². The van der Waals surface area contributed by atoms with Gasteiger partial charge >= 0.3 is 5.97 Å². The van der Waals surface area contributed by atoms with Crippen molar-refractivity contribution in [3.05, 3.63) is 115 Å². The third-order valence-corrected chi connectivity index (χ3v) is 7.59. The molecule has 4 aromatic rings. The third kappa shape index (κ3) is 5.42. The summed E-state index contributed by atoms with van der Waals surface area (Å²) >= 11 is 1.19. The Morgan fingerprint density at radius 3 is 2.48 bits per heavy atom. The first kappa shape index (κ1) is 28.4. The standard InChI is InChI=1S/C32H27N3O6S/c1-4-40-31(37)26-27(20-9-6-5-7-10-20)34-32-35(28(26)21-13-15-23(38-2)16-14-21)30(36)25(42-32)19-22-11-8-12-24(39-3)29(22)41-18-17-33/h5-16,19,28H,4,18H2,1-3H3/b25-19-/t28-/m1/s1. The monoisotopic (exact) mass is 581 g/mol. The predicted molar refractivity (Wildman–Crippen MR) is 158 cm³/mol. The first-order valence-corrected chi connectivity index (χ1v) is 13.9. The minimum absolute atomic E-state index is 0.158. The number of aromatic nitrogens is 1. The highest BCUT2D eigenvalue weighted by Gasteiger charge is 2.35. The van der Waals surface area contributed by atoms with E-state index in [-0.39, 0.29) is 24.3 Å². The number of fused-ring (bicyclic) bond motifs is 1. The molecule has 0 radical (unpaired) electrons. The maximum absolute atomic E-state index is 14.1. The Labute approximate surface area is 245 Å². The number of esters is 1. The van der Waals surface area contributed by atoms with Crippen LogP contribution in [0.4, 0.5) is 0 Å². The number of hydrogen-bond donors (Lipinski definition) is 0. The number of benzene rings is 3. The summed E-state index contributed by atoms with van der Waals surface area (Å²) in [4.78, 5) is 33.0. The molecule has 0 fully saturated rings. The SMILES string of the molecule is CCOC(=O)C1=C(c2ccccc2)N=c2s/c(=C\c3cccc(OC)c3OCC#N)c(=O)n2[C@@H]1c1ccc(OC)cc1. The van der Waals surface area contributed by atoms with Crippen LogP contribution < -0.4 is 29.1 Å². The van der Waals surface area contributed by atoms with Crippen LogP contribution in [0.25, 0.3) is 11.8 Å². The number of carbonyl (C=O) groups is 1. The maximum atomic E-state index is 14.1. The molecule has 0 aliphatic carbocycles. The Bertz CT molecular complexity index is 1870. The van der Waals surface area contributed by atoms with Gasteiger partial charge in [0.05, 0.1) is 42.7 Å². The largest absolute Gasteiger partial charge is 0.497 e. The van der Waals surface area contributed by atoms with Crippen LogP contribution in [-0.2, 0) is 9.53 Å². The lowest BCUT2D eigenvalue weighted by Crippen LogP contribution is -2.40. The Morgan fingerprint density at radius 1 is 1.05 bits per heavy atom. The molecule has 0 unspecified atom stereocenters. The van der Waals surface area contributed by atoms with Gasteiger partial charge in [0.15, 0.2) is 22.9 Å². The number of methoxy groups -OCH3 is 2. The minimum atomic E-state index is -0.816. The summed E-state index contributed by atoms with van der Waals surface area (Å²) < 4.78 is 23.8. The van der Waals surface area contributed by atoms with Gasteiger partial charge in [0.25, 0.3) is 5.56 Å². The molecule has 2 heterocycles. The van der Waals surface area contributed by atoms with Gasteiger partial charge in [-0.3, -0.25) is 9.36 Å². The fourth-order valence-corrected chi connectivity index (χ4v) is 5.74. The van der Waals surface area contributed by atoms with E-state index in [4.69, 9.17) is 29.2 Å². The number of thiazole rings is 1. The quantitative estimate of drug-likeness (QED) is 0.276. The average Bonchev–Trinajstić information content (AvgIpc) is 3.34. The molecule has 212 valence electrons. The van der Waals surface area contributed by atoms with E-state index in [2.05, 4.69) is 0 Å². The molecule has 9 nitrogen and oxygen atoms in total. The molecule has 0 spiro atoms. The van der Waals surface area contributed by atoms with E-state index in [9.17, 15) is 9.59 Å². The Hall–Kier alpha value is -5.14. The zero-order valence-corrected chi connectivity index (χ0v) is 24.0. The molecular formula is C32H27N3O6S. The van der Waals surface area contributed by atoms with Crippen LogP contribution in [-0.4, -0.2) is 38.0 Å². The van der Waals surface area contributed by atoms with Crippen LogP contribution in [0.1, 0.15) is 29.7 Å². The van der Waals surface area contributed by atoms with E-state index >= 15 is 0 Å². The zero-order valence-electron chi connectivity index (χ0n) is 23.2. The molecule has 0 amide bonds. The normalized spacial score (nSPS) is 14.4. The van der Waals surface area contributed by atoms with Crippen molar-refractivity contribution >= 4 is 29.1 Å². The second-order valence-corrected chi connectivity index (χ2v) is 10.0. The van der Waals surface area contributed by atoms with Crippen molar-refractivity contribution in [3.8, 4) is 23.3 Å². The molecule has 0 saturated heterocycles. The van der Waals surface area contributed by atoms with Gasteiger partial charge < -0.3 is 18.9 Å². The van der Waals surface area contributed by atoms with Crippen LogP contribution in [0.5, 0.6) is 17.2 Å². The van der Waals surface area contributed by atoms with E-state index in [0.29, 0.717) is 43.4 Å². The van der Waals surface area contributed by atoms with E-state index in [0.717, 1.165) is 5.56 Å². The molecule has 3 aromatic carbocycles. The van der Waals surface area contributed by atoms with Crippen LogP contribution in [0.2, 0.25) is 0 Å². The maximum Gasteiger partial charge on any atom is 0.338 e. The molecule has 0 N–H and O–H groups in total. The summed E-state index contributed by atoms with van der Waals surface area (Å²) in [6, 6.07) is 23.0. The number of hydrogen-bond acceptors (Lipinski definition) is 9. The highest BCUT2D eigenvalue weighted by molar-refractivity contribution is 7.07. The zero-order chi connectivity index (χ0) is 29.6. The van der Waals surface area contributed by atoms with Crippen molar-refractivity contribution in [2.75, 3.05) is 27.4 Å². The van der Waals surface area contributed by atoms with Crippen molar-refractivity contribution in [3.63, 3.8) is 0 Å². The minimum Gasteiger partial charge on any atom is -0.497 e. The van der Waals surface area contributed by atoms with Crippen LogP contribution in [0.15, 0.2) is 88.2 Å². The fraction of sp³-hybridized carbons (Fsp3) is 0.188. The Kier molecular flexibility index (Phi) is 8.50. The van der Waals surface area contributed by atoms with E-state index in [1.807, 2.05) is 48.5 Å². The first-order valence-electron chi connectivity index (χ1n) is 13.1. The first-order chi connectivity index (χ1) is 20.5. The second kappa shape index (κ2) is 12.6. The van der Waals surface area contributed by atoms with Gasteiger partial charge in [0, 0.05) is 11.1 Å². The molecule has 42 heavy (non-hydrogen) atoms. The van der Waals surface area contributed by atoms with Gasteiger partial charge in [0.2, 0.25) is 0 Å². The number of ether oxygens (including phenoxy) is 4. The molecule has 5 rings (SSSR count). The van der Waals surface area contributed by atoms with E-state index in [1.165, 1.54) is 23.0 Å². The number of nitrogens with zero attached hydrogens (tertiary/aromatic N) is 3. The molecule has 1 aliphatic heterocycles. The lowest BCUT2D eigenvalue weighted by atomic mass is 9.93. The molecule has 1 aliphatic rings. The smallest absolute Gasteiger partial charge is 0.338 e. The molecule has 1 aromatic heterocycles. The molecule has 0 bridgehead atoms. The van der Waals surface area contributed by atoms with Crippen molar-refractivity contribution in [1.29, 1.82) is 5.26 Å². The lowest BCUT2D eigenvalue weighted by Gasteiger charge is -2.26. The van der Waals surface area contributed by atoms with Gasteiger partial charge in [0.1, 0.15) is 11.8 Å². The van der Waals surface area contributed by atoms with E-state index < -0.39 is 12.0 Å².